The van der Waals surface area contributed by atoms with Crippen LogP contribution in [0.1, 0.15) is 50.3 Å². The van der Waals surface area contributed by atoms with Crippen LogP contribution in [-0.4, -0.2) is 58.2 Å². The van der Waals surface area contributed by atoms with E-state index in [-0.39, 0.29) is 11.5 Å². The van der Waals surface area contributed by atoms with E-state index in [9.17, 15) is 9.90 Å². The fraction of sp³-hybridized carbons (Fsp3) is 0.737. The van der Waals surface area contributed by atoms with Crippen LogP contribution in [0, 0.1) is 5.41 Å². The average Bonchev–Trinajstić information content (AvgIpc) is 3.21. The summed E-state index contributed by atoms with van der Waals surface area (Å²) in [5, 5.41) is 9.59. The Balaban J connectivity index is 1.47. The molecule has 0 radical (unpaired) electrons. The van der Waals surface area contributed by atoms with Crippen LogP contribution in [0.5, 0.6) is 0 Å². The Morgan fingerprint density at radius 3 is 2.84 bits per heavy atom. The van der Waals surface area contributed by atoms with Crippen molar-refractivity contribution < 1.29 is 9.90 Å². The number of nitrogens with zero attached hydrogens (tertiary/aromatic N) is 4. The molecular formula is C19H28N4O2. The second kappa shape index (κ2) is 6.56. The molecule has 4 rings (SSSR count). The molecule has 2 saturated heterocycles. The third kappa shape index (κ3) is 3.01. The maximum Gasteiger partial charge on any atom is 0.320 e. The van der Waals surface area contributed by atoms with Crippen molar-refractivity contribution in [2.45, 2.75) is 57.9 Å². The third-order valence-corrected chi connectivity index (χ3v) is 6.38. The molecule has 1 N–H and O–H groups in total. The van der Waals surface area contributed by atoms with Gasteiger partial charge in [0.15, 0.2) is 0 Å². The van der Waals surface area contributed by atoms with Crippen molar-refractivity contribution in [3.63, 3.8) is 0 Å². The molecule has 6 heteroatoms. The van der Waals surface area contributed by atoms with E-state index < -0.39 is 5.97 Å². The predicted molar refractivity (Wildman–Crippen MR) is 95.8 cm³/mol. The summed E-state index contributed by atoms with van der Waals surface area (Å²) in [5.74, 6) is 0.483. The van der Waals surface area contributed by atoms with Gasteiger partial charge < -0.3 is 10.0 Å². The number of aryl methyl sites for hydroxylation is 1. The molecule has 1 aromatic heterocycles. The van der Waals surface area contributed by atoms with Crippen LogP contribution in [0.15, 0.2) is 6.33 Å². The zero-order valence-corrected chi connectivity index (χ0v) is 15.1. The van der Waals surface area contributed by atoms with Crippen LogP contribution in [0.4, 0.5) is 5.82 Å². The van der Waals surface area contributed by atoms with Crippen LogP contribution in [0.25, 0.3) is 0 Å². The lowest BCUT2D eigenvalue weighted by Crippen LogP contribution is -2.42. The van der Waals surface area contributed by atoms with Crippen LogP contribution >= 0.6 is 0 Å². The Hall–Kier alpha value is -1.69. The molecule has 0 saturated carbocycles. The van der Waals surface area contributed by atoms with Crippen LogP contribution < -0.4 is 4.90 Å². The van der Waals surface area contributed by atoms with E-state index in [0.29, 0.717) is 0 Å². The fourth-order valence-electron chi connectivity index (χ4n) is 5.08. The second-order valence-electron chi connectivity index (χ2n) is 7.99. The normalized spacial score (nSPS) is 25.5. The van der Waals surface area contributed by atoms with Crippen molar-refractivity contribution in [1.29, 1.82) is 0 Å². The maximum absolute atomic E-state index is 11.7. The lowest BCUT2D eigenvalue weighted by Gasteiger charge is -2.40. The summed E-state index contributed by atoms with van der Waals surface area (Å²) in [6.45, 7) is 5.92. The van der Waals surface area contributed by atoms with E-state index in [0.717, 1.165) is 70.5 Å². The lowest BCUT2D eigenvalue weighted by atomic mass is 9.76. The molecule has 2 fully saturated rings. The highest BCUT2D eigenvalue weighted by Gasteiger charge is 2.48. The van der Waals surface area contributed by atoms with Crippen molar-refractivity contribution in [2.75, 3.05) is 31.1 Å². The molecule has 1 aliphatic carbocycles. The van der Waals surface area contributed by atoms with Gasteiger partial charge in [0.2, 0.25) is 0 Å². The Bertz CT molecular complexity index is 655. The molecule has 3 heterocycles. The molecule has 0 amide bonds. The molecule has 0 aromatic carbocycles. The lowest BCUT2D eigenvalue weighted by molar-refractivity contribution is -0.142. The van der Waals surface area contributed by atoms with Crippen molar-refractivity contribution in [1.82, 2.24) is 14.9 Å². The summed E-state index contributed by atoms with van der Waals surface area (Å²) in [5.41, 5.74) is 2.75. The first-order valence-electron chi connectivity index (χ1n) is 9.66. The van der Waals surface area contributed by atoms with Gasteiger partial charge in [-0.2, -0.15) is 0 Å². The minimum Gasteiger partial charge on any atom is -0.480 e. The van der Waals surface area contributed by atoms with E-state index in [1.165, 1.54) is 17.7 Å². The zero-order valence-electron chi connectivity index (χ0n) is 15.1. The SMILES string of the molecule is CCCN1CC2(CCN(c3ncnc4c3CCC4)CC2)CC1C(=O)O. The first-order chi connectivity index (χ1) is 12.1. The van der Waals surface area contributed by atoms with Gasteiger partial charge in [-0.05, 0) is 56.9 Å². The number of carboxylic acids is 1. The number of carbonyl (C=O) groups is 1. The van der Waals surface area contributed by atoms with Crippen molar-refractivity contribution in [2.24, 2.45) is 5.41 Å². The van der Waals surface area contributed by atoms with E-state index in [2.05, 4.69) is 26.7 Å². The highest BCUT2D eigenvalue weighted by Crippen LogP contribution is 2.44. The molecule has 3 aliphatic rings. The number of rotatable bonds is 4. The summed E-state index contributed by atoms with van der Waals surface area (Å²) in [4.78, 5) is 25.3. The van der Waals surface area contributed by atoms with Gasteiger partial charge in [-0.25, -0.2) is 9.97 Å². The van der Waals surface area contributed by atoms with Crippen molar-refractivity contribution in [3.05, 3.63) is 17.6 Å². The maximum atomic E-state index is 11.7. The van der Waals surface area contributed by atoms with Gasteiger partial charge >= 0.3 is 5.97 Å². The monoisotopic (exact) mass is 344 g/mol. The molecular weight excluding hydrogens is 316 g/mol. The third-order valence-electron chi connectivity index (χ3n) is 6.38. The molecule has 1 atom stereocenters. The molecule has 0 bridgehead atoms. The van der Waals surface area contributed by atoms with Gasteiger partial charge in [-0.15, -0.1) is 0 Å². The van der Waals surface area contributed by atoms with Gasteiger partial charge in [0.25, 0.3) is 0 Å². The Kier molecular flexibility index (Phi) is 4.40. The van der Waals surface area contributed by atoms with Gasteiger partial charge in [-0.1, -0.05) is 6.92 Å². The minimum absolute atomic E-state index is 0.172. The topological polar surface area (TPSA) is 69.6 Å². The van der Waals surface area contributed by atoms with E-state index in [1.54, 1.807) is 6.33 Å². The van der Waals surface area contributed by atoms with Gasteiger partial charge in [0.1, 0.15) is 18.2 Å². The standard InChI is InChI=1S/C19H28N4O2/c1-2-8-23-12-19(11-16(23)18(24)25)6-9-22(10-7-19)17-14-4-3-5-15(14)20-13-21-17/h13,16H,2-12H2,1H3,(H,24,25). The summed E-state index contributed by atoms with van der Waals surface area (Å²) in [7, 11) is 0. The zero-order chi connectivity index (χ0) is 17.4. The number of likely N-dealkylation sites (tertiary alicyclic amines) is 1. The minimum atomic E-state index is -0.652. The Morgan fingerprint density at radius 2 is 2.12 bits per heavy atom. The molecule has 136 valence electrons. The number of hydrogen-bond donors (Lipinski definition) is 1. The van der Waals surface area contributed by atoms with Crippen molar-refractivity contribution >= 4 is 11.8 Å². The second-order valence-corrected chi connectivity index (χ2v) is 7.99. The van der Waals surface area contributed by atoms with Crippen molar-refractivity contribution in [3.8, 4) is 0 Å². The van der Waals surface area contributed by atoms with E-state index in [4.69, 9.17) is 0 Å². The van der Waals surface area contributed by atoms with E-state index >= 15 is 0 Å². The molecule has 6 nitrogen and oxygen atoms in total. The number of piperidine rings is 1. The van der Waals surface area contributed by atoms with Crippen LogP contribution in [0.2, 0.25) is 0 Å². The molecule has 2 aliphatic heterocycles. The highest BCUT2D eigenvalue weighted by atomic mass is 16.4. The predicted octanol–water partition coefficient (Wildman–Crippen LogP) is 2.12. The number of fused-ring (bicyclic) bond motifs is 1. The van der Waals surface area contributed by atoms with Crippen LogP contribution in [0.3, 0.4) is 0 Å². The van der Waals surface area contributed by atoms with E-state index in [1.807, 2.05) is 0 Å². The molecule has 25 heavy (non-hydrogen) atoms. The van der Waals surface area contributed by atoms with Gasteiger partial charge in [0, 0.05) is 30.9 Å². The first kappa shape index (κ1) is 16.8. The largest absolute Gasteiger partial charge is 0.480 e. The fourth-order valence-corrected chi connectivity index (χ4v) is 5.08. The van der Waals surface area contributed by atoms with Crippen LogP contribution in [-0.2, 0) is 17.6 Å². The highest BCUT2D eigenvalue weighted by molar-refractivity contribution is 5.74. The quantitative estimate of drug-likeness (QED) is 0.902. The number of aromatic nitrogens is 2. The Morgan fingerprint density at radius 1 is 1.32 bits per heavy atom. The molecule has 1 aromatic rings. The summed E-state index contributed by atoms with van der Waals surface area (Å²) < 4.78 is 0. The molecule has 1 unspecified atom stereocenters. The smallest absolute Gasteiger partial charge is 0.320 e. The number of anilines is 1. The number of hydrogen-bond acceptors (Lipinski definition) is 5. The summed E-state index contributed by atoms with van der Waals surface area (Å²) >= 11 is 0. The Labute approximate surface area is 149 Å². The summed E-state index contributed by atoms with van der Waals surface area (Å²) in [6, 6.07) is -0.296. The number of carboxylic acid groups (broad SMARTS) is 1. The number of aliphatic carboxylic acids is 1. The summed E-state index contributed by atoms with van der Waals surface area (Å²) in [6.07, 6.45) is 9.02. The van der Waals surface area contributed by atoms with Gasteiger partial charge in [-0.3, -0.25) is 9.69 Å². The van der Waals surface area contributed by atoms with Gasteiger partial charge in [0.05, 0.1) is 0 Å². The average molecular weight is 344 g/mol. The first-order valence-corrected chi connectivity index (χ1v) is 9.66. The molecule has 1 spiro atoms.